The Labute approximate surface area is 118 Å². The first-order valence-electron chi connectivity index (χ1n) is 6.88. The molecule has 5 heteroatoms. The maximum absolute atomic E-state index is 10.8. The van der Waals surface area contributed by atoms with Crippen molar-refractivity contribution in [1.29, 1.82) is 0 Å². The zero-order valence-electron chi connectivity index (χ0n) is 11.7. The van der Waals surface area contributed by atoms with Crippen LogP contribution in [0.15, 0.2) is 18.2 Å². The molecule has 1 atom stereocenters. The Bertz CT molecular complexity index is 475. The van der Waals surface area contributed by atoms with Gasteiger partial charge in [0.1, 0.15) is 0 Å². The summed E-state index contributed by atoms with van der Waals surface area (Å²) >= 11 is 0. The van der Waals surface area contributed by atoms with E-state index in [9.17, 15) is 9.90 Å². The molecule has 1 aliphatic rings. The monoisotopic (exact) mass is 279 g/mol. The standard InChI is InChI=1S/C15H21NO4/c1-20-14-5-4-12(7-13(14)17)10-16-6-2-3-11(9-16)8-15(18)19/h4-5,7,11,17H,2-3,6,8-10H2,1H3,(H,18,19). The highest BCUT2D eigenvalue weighted by Gasteiger charge is 2.22. The number of carbonyl (C=O) groups is 1. The van der Waals surface area contributed by atoms with Gasteiger partial charge >= 0.3 is 5.97 Å². The quantitative estimate of drug-likeness (QED) is 0.863. The first kappa shape index (κ1) is 14.7. The number of ether oxygens (including phenoxy) is 1. The number of methoxy groups -OCH3 is 1. The summed E-state index contributed by atoms with van der Waals surface area (Å²) in [6.45, 7) is 2.51. The summed E-state index contributed by atoms with van der Waals surface area (Å²) in [4.78, 5) is 13.0. The molecular formula is C15H21NO4. The van der Waals surface area contributed by atoms with Gasteiger partial charge in [0.25, 0.3) is 0 Å². The molecule has 0 spiro atoms. The largest absolute Gasteiger partial charge is 0.504 e. The number of carboxylic acids is 1. The molecule has 0 saturated carbocycles. The van der Waals surface area contributed by atoms with Crippen LogP contribution in [0.3, 0.4) is 0 Å². The molecule has 2 rings (SSSR count). The molecular weight excluding hydrogens is 258 g/mol. The lowest BCUT2D eigenvalue weighted by molar-refractivity contribution is -0.138. The third-order valence-corrected chi connectivity index (χ3v) is 3.72. The Hall–Kier alpha value is -1.75. The van der Waals surface area contributed by atoms with Gasteiger partial charge < -0.3 is 14.9 Å². The molecule has 1 unspecified atom stereocenters. The number of benzene rings is 1. The SMILES string of the molecule is COc1ccc(CN2CCCC(CC(=O)O)C2)cc1O. The van der Waals surface area contributed by atoms with Crippen molar-refractivity contribution in [3.63, 3.8) is 0 Å². The van der Waals surface area contributed by atoms with Crippen LogP contribution in [0.5, 0.6) is 11.5 Å². The lowest BCUT2D eigenvalue weighted by atomic mass is 9.94. The molecule has 0 radical (unpaired) electrons. The lowest BCUT2D eigenvalue weighted by Crippen LogP contribution is -2.35. The van der Waals surface area contributed by atoms with Gasteiger partial charge in [-0.05, 0) is 43.0 Å². The van der Waals surface area contributed by atoms with Gasteiger partial charge in [-0.25, -0.2) is 0 Å². The molecule has 5 nitrogen and oxygen atoms in total. The first-order valence-corrected chi connectivity index (χ1v) is 6.88. The summed E-state index contributed by atoms with van der Waals surface area (Å²) in [5, 5.41) is 18.6. The molecule has 1 aromatic carbocycles. The Morgan fingerprint density at radius 3 is 2.95 bits per heavy atom. The number of hydrogen-bond donors (Lipinski definition) is 2. The van der Waals surface area contributed by atoms with Crippen LogP contribution in [0.25, 0.3) is 0 Å². The first-order chi connectivity index (χ1) is 9.58. The fraction of sp³-hybridized carbons (Fsp3) is 0.533. The molecule has 0 aliphatic carbocycles. The van der Waals surface area contributed by atoms with Crippen molar-refractivity contribution in [2.45, 2.75) is 25.8 Å². The number of phenolic OH excluding ortho intramolecular Hbond substituents is 1. The van der Waals surface area contributed by atoms with Gasteiger partial charge in [0.15, 0.2) is 11.5 Å². The number of rotatable bonds is 5. The van der Waals surface area contributed by atoms with Crippen LogP contribution < -0.4 is 4.74 Å². The third-order valence-electron chi connectivity index (χ3n) is 3.72. The minimum absolute atomic E-state index is 0.143. The van der Waals surface area contributed by atoms with E-state index in [2.05, 4.69) is 4.90 Å². The van der Waals surface area contributed by atoms with Gasteiger partial charge in [-0.3, -0.25) is 9.69 Å². The summed E-state index contributed by atoms with van der Waals surface area (Å²) in [5.41, 5.74) is 1.01. The number of phenols is 1. The highest BCUT2D eigenvalue weighted by molar-refractivity contribution is 5.67. The lowest BCUT2D eigenvalue weighted by Gasteiger charge is -2.32. The Morgan fingerprint density at radius 2 is 2.30 bits per heavy atom. The van der Waals surface area contributed by atoms with Crippen molar-refractivity contribution in [1.82, 2.24) is 4.90 Å². The van der Waals surface area contributed by atoms with Gasteiger partial charge in [0.05, 0.1) is 7.11 Å². The summed E-state index contributed by atoms with van der Waals surface area (Å²) in [7, 11) is 1.52. The molecule has 0 aromatic heterocycles. The molecule has 1 aromatic rings. The number of aromatic hydroxyl groups is 1. The van der Waals surface area contributed by atoms with E-state index >= 15 is 0 Å². The minimum Gasteiger partial charge on any atom is -0.504 e. The van der Waals surface area contributed by atoms with Gasteiger partial charge in [0, 0.05) is 19.5 Å². The van der Waals surface area contributed by atoms with Crippen molar-refractivity contribution >= 4 is 5.97 Å². The number of likely N-dealkylation sites (tertiary alicyclic amines) is 1. The second-order valence-corrected chi connectivity index (χ2v) is 5.35. The average molecular weight is 279 g/mol. The van der Waals surface area contributed by atoms with Crippen LogP contribution >= 0.6 is 0 Å². The molecule has 1 aliphatic heterocycles. The number of aliphatic carboxylic acids is 1. The van der Waals surface area contributed by atoms with Crippen LogP contribution in [-0.4, -0.2) is 41.3 Å². The van der Waals surface area contributed by atoms with E-state index in [4.69, 9.17) is 9.84 Å². The number of nitrogens with zero attached hydrogens (tertiary/aromatic N) is 1. The van der Waals surface area contributed by atoms with Crippen molar-refractivity contribution in [3.8, 4) is 11.5 Å². The van der Waals surface area contributed by atoms with Crippen LogP contribution in [0.4, 0.5) is 0 Å². The zero-order valence-corrected chi connectivity index (χ0v) is 11.7. The zero-order chi connectivity index (χ0) is 14.5. The molecule has 20 heavy (non-hydrogen) atoms. The number of piperidine rings is 1. The molecule has 1 fully saturated rings. The van der Waals surface area contributed by atoms with Crippen molar-refractivity contribution < 1.29 is 19.7 Å². The normalized spacial score (nSPS) is 19.8. The Kier molecular flexibility index (Phi) is 4.84. The Morgan fingerprint density at radius 1 is 1.50 bits per heavy atom. The van der Waals surface area contributed by atoms with Crippen LogP contribution in [0.2, 0.25) is 0 Å². The fourth-order valence-corrected chi connectivity index (χ4v) is 2.80. The van der Waals surface area contributed by atoms with Crippen LogP contribution in [0.1, 0.15) is 24.8 Å². The number of carboxylic acid groups (broad SMARTS) is 1. The fourth-order valence-electron chi connectivity index (χ4n) is 2.80. The van der Waals surface area contributed by atoms with Gasteiger partial charge in [0.2, 0.25) is 0 Å². The average Bonchev–Trinajstić information content (AvgIpc) is 2.38. The van der Waals surface area contributed by atoms with E-state index in [1.54, 1.807) is 12.1 Å². The summed E-state index contributed by atoms with van der Waals surface area (Å²) < 4.78 is 5.02. The van der Waals surface area contributed by atoms with E-state index in [0.717, 1.165) is 38.0 Å². The molecule has 1 saturated heterocycles. The highest BCUT2D eigenvalue weighted by Crippen LogP contribution is 2.28. The predicted octanol–water partition coefficient (Wildman–Crippen LogP) is 2.09. The highest BCUT2D eigenvalue weighted by atomic mass is 16.5. The van der Waals surface area contributed by atoms with Gasteiger partial charge in [-0.1, -0.05) is 6.07 Å². The van der Waals surface area contributed by atoms with E-state index < -0.39 is 5.97 Å². The van der Waals surface area contributed by atoms with Gasteiger partial charge in [-0.2, -0.15) is 0 Å². The van der Waals surface area contributed by atoms with E-state index in [-0.39, 0.29) is 18.1 Å². The van der Waals surface area contributed by atoms with E-state index in [1.807, 2.05) is 6.07 Å². The Balaban J connectivity index is 1.95. The molecule has 110 valence electrons. The molecule has 2 N–H and O–H groups in total. The van der Waals surface area contributed by atoms with Crippen LogP contribution in [0, 0.1) is 5.92 Å². The van der Waals surface area contributed by atoms with E-state index in [0.29, 0.717) is 5.75 Å². The smallest absolute Gasteiger partial charge is 0.303 e. The third kappa shape index (κ3) is 3.87. The van der Waals surface area contributed by atoms with Crippen molar-refractivity contribution in [3.05, 3.63) is 23.8 Å². The maximum atomic E-state index is 10.8. The summed E-state index contributed by atoms with van der Waals surface area (Å²) in [6, 6.07) is 5.39. The van der Waals surface area contributed by atoms with E-state index in [1.165, 1.54) is 7.11 Å². The summed E-state index contributed by atoms with van der Waals surface area (Å²) in [5.74, 6) is 0.118. The maximum Gasteiger partial charge on any atom is 0.303 e. The minimum atomic E-state index is -0.723. The van der Waals surface area contributed by atoms with Crippen molar-refractivity contribution in [2.24, 2.45) is 5.92 Å². The molecule has 1 heterocycles. The van der Waals surface area contributed by atoms with Crippen LogP contribution in [-0.2, 0) is 11.3 Å². The molecule has 0 amide bonds. The molecule has 0 bridgehead atoms. The predicted molar refractivity (Wildman–Crippen MR) is 74.9 cm³/mol. The second kappa shape index (κ2) is 6.61. The van der Waals surface area contributed by atoms with Crippen molar-refractivity contribution in [2.75, 3.05) is 20.2 Å². The summed E-state index contributed by atoms with van der Waals surface area (Å²) in [6.07, 6.45) is 2.25. The van der Waals surface area contributed by atoms with Gasteiger partial charge in [-0.15, -0.1) is 0 Å². The second-order valence-electron chi connectivity index (χ2n) is 5.35. The topological polar surface area (TPSA) is 70.0 Å². The number of hydrogen-bond acceptors (Lipinski definition) is 4.